The Morgan fingerprint density at radius 3 is 1.30 bits per heavy atom. The third-order valence-electron chi connectivity index (χ3n) is 8.35. The van der Waals surface area contributed by atoms with E-state index in [0.29, 0.717) is 39.5 Å². The van der Waals surface area contributed by atoms with Crippen molar-refractivity contribution in [1.29, 1.82) is 0 Å². The summed E-state index contributed by atoms with van der Waals surface area (Å²) >= 11 is 0. The van der Waals surface area contributed by atoms with Crippen molar-refractivity contribution in [1.82, 2.24) is 0 Å². The van der Waals surface area contributed by atoms with Crippen molar-refractivity contribution in [3.05, 3.63) is 173 Å². The minimum Gasteiger partial charge on any atom is -0.508 e. The standard InChI is InChI=1S/C41H42O6/c42-36-23-21-31(22-24-36)25-37-39(44-27-33-15-7-2-8-16-33)41(46-29-35-19-11-4-12-20-35)40(45-28-34-17-9-3-10-18-34)38(47-37)30-43-26-32-13-5-1-6-14-32/h1-24,37-42H,25-30H2/t37-,38+,39-,40+,41+/m0/s1. The molecule has 0 unspecified atom stereocenters. The van der Waals surface area contributed by atoms with Crippen molar-refractivity contribution in [2.45, 2.75) is 63.4 Å². The summed E-state index contributed by atoms with van der Waals surface area (Å²) < 4.78 is 33.6. The van der Waals surface area contributed by atoms with Crippen LogP contribution in [0.4, 0.5) is 0 Å². The van der Waals surface area contributed by atoms with Crippen LogP contribution < -0.4 is 0 Å². The number of phenols is 1. The smallest absolute Gasteiger partial charge is 0.115 e. The number of phenolic OH excluding ortho intramolecular Hbond substituents is 1. The van der Waals surface area contributed by atoms with Gasteiger partial charge in [0.1, 0.15) is 30.2 Å². The summed E-state index contributed by atoms with van der Waals surface area (Å²) in [6.07, 6.45) is -1.65. The van der Waals surface area contributed by atoms with Crippen LogP contribution in [0, 0.1) is 0 Å². The van der Waals surface area contributed by atoms with Gasteiger partial charge in [0, 0.05) is 6.42 Å². The van der Waals surface area contributed by atoms with E-state index < -0.39 is 24.4 Å². The highest BCUT2D eigenvalue weighted by Gasteiger charge is 2.48. The molecule has 0 spiro atoms. The molecule has 6 nitrogen and oxygen atoms in total. The maximum Gasteiger partial charge on any atom is 0.115 e. The number of benzene rings is 5. The fraction of sp³-hybridized carbons (Fsp3) is 0.268. The number of ether oxygens (including phenoxy) is 5. The van der Waals surface area contributed by atoms with Crippen LogP contribution in [-0.2, 0) is 56.5 Å². The molecule has 0 aliphatic carbocycles. The molecule has 1 fully saturated rings. The lowest BCUT2D eigenvalue weighted by Gasteiger charge is -2.46. The normalized spacial score (nSPS) is 21.0. The second-order valence-electron chi connectivity index (χ2n) is 11.9. The lowest BCUT2D eigenvalue weighted by molar-refractivity contribution is -0.272. The van der Waals surface area contributed by atoms with Gasteiger partial charge < -0.3 is 28.8 Å². The summed E-state index contributed by atoms with van der Waals surface area (Å²) in [5.41, 5.74) is 5.30. The van der Waals surface area contributed by atoms with Crippen LogP contribution in [0.25, 0.3) is 0 Å². The van der Waals surface area contributed by atoms with Crippen molar-refractivity contribution in [3.63, 3.8) is 0 Å². The van der Waals surface area contributed by atoms with Crippen molar-refractivity contribution in [2.75, 3.05) is 6.61 Å². The monoisotopic (exact) mass is 630 g/mol. The molecule has 1 saturated heterocycles. The van der Waals surface area contributed by atoms with Crippen LogP contribution in [0.2, 0.25) is 0 Å². The third-order valence-corrected chi connectivity index (χ3v) is 8.35. The Kier molecular flexibility index (Phi) is 11.8. The number of hydrogen-bond donors (Lipinski definition) is 1. The largest absolute Gasteiger partial charge is 0.508 e. The molecule has 1 N–H and O–H groups in total. The molecule has 1 aliphatic rings. The Morgan fingerprint density at radius 1 is 0.426 bits per heavy atom. The Labute approximate surface area is 277 Å². The average molecular weight is 631 g/mol. The molecule has 0 amide bonds. The second-order valence-corrected chi connectivity index (χ2v) is 11.9. The molecule has 0 saturated carbocycles. The molecule has 5 atom stereocenters. The van der Waals surface area contributed by atoms with E-state index in [1.54, 1.807) is 12.1 Å². The maximum atomic E-state index is 9.96. The summed E-state index contributed by atoms with van der Waals surface area (Å²) in [6, 6.07) is 47.8. The first-order valence-electron chi connectivity index (χ1n) is 16.2. The van der Waals surface area contributed by atoms with Crippen molar-refractivity contribution >= 4 is 0 Å². The molecular formula is C41H42O6. The van der Waals surface area contributed by atoms with Gasteiger partial charge in [-0.3, -0.25) is 0 Å². The summed E-state index contributed by atoms with van der Waals surface area (Å²) in [4.78, 5) is 0. The molecule has 1 aliphatic heterocycles. The van der Waals surface area contributed by atoms with Gasteiger partial charge in [-0.25, -0.2) is 0 Å². The highest BCUT2D eigenvalue weighted by atomic mass is 16.6. The molecule has 0 aromatic heterocycles. The molecule has 47 heavy (non-hydrogen) atoms. The van der Waals surface area contributed by atoms with E-state index in [1.165, 1.54) is 0 Å². The van der Waals surface area contributed by atoms with E-state index >= 15 is 0 Å². The van der Waals surface area contributed by atoms with Gasteiger partial charge >= 0.3 is 0 Å². The van der Waals surface area contributed by atoms with E-state index in [1.807, 2.05) is 84.9 Å². The summed E-state index contributed by atoms with van der Waals surface area (Å²) in [5, 5.41) is 9.96. The molecule has 6 rings (SSSR count). The minimum atomic E-state index is -0.480. The molecule has 5 aromatic rings. The van der Waals surface area contributed by atoms with Crippen LogP contribution >= 0.6 is 0 Å². The first-order chi connectivity index (χ1) is 23.2. The molecule has 1 heterocycles. The Bertz CT molecular complexity index is 1580. The fourth-order valence-corrected chi connectivity index (χ4v) is 5.91. The molecule has 5 aromatic carbocycles. The Balaban J connectivity index is 1.31. The first kappa shape index (κ1) is 32.6. The van der Waals surface area contributed by atoms with Gasteiger partial charge in [-0.15, -0.1) is 0 Å². The zero-order valence-corrected chi connectivity index (χ0v) is 26.5. The van der Waals surface area contributed by atoms with E-state index in [2.05, 4.69) is 48.5 Å². The number of aromatic hydroxyl groups is 1. The number of rotatable bonds is 15. The van der Waals surface area contributed by atoms with Gasteiger partial charge in [-0.05, 0) is 39.9 Å². The molecule has 242 valence electrons. The van der Waals surface area contributed by atoms with Gasteiger partial charge in [-0.1, -0.05) is 133 Å². The minimum absolute atomic E-state index is 0.223. The predicted octanol–water partition coefficient (Wildman–Crippen LogP) is 7.68. The van der Waals surface area contributed by atoms with Gasteiger partial charge in [0.2, 0.25) is 0 Å². The fourth-order valence-electron chi connectivity index (χ4n) is 5.91. The lowest BCUT2D eigenvalue weighted by atomic mass is 9.90. The van der Waals surface area contributed by atoms with E-state index in [9.17, 15) is 5.11 Å². The average Bonchev–Trinajstić information content (AvgIpc) is 3.12. The summed E-state index contributed by atoms with van der Waals surface area (Å²) in [6.45, 7) is 1.96. The topological polar surface area (TPSA) is 66.4 Å². The van der Waals surface area contributed by atoms with Crippen LogP contribution in [0.15, 0.2) is 146 Å². The third kappa shape index (κ3) is 9.61. The van der Waals surface area contributed by atoms with Crippen LogP contribution in [0.5, 0.6) is 5.75 Å². The first-order valence-corrected chi connectivity index (χ1v) is 16.2. The lowest BCUT2D eigenvalue weighted by Crippen LogP contribution is -2.61. The summed E-state index contributed by atoms with van der Waals surface area (Å²) in [7, 11) is 0. The SMILES string of the molecule is Oc1ccc(C[C@@H]2O[C@H](COCc3ccccc3)[C@@H](OCc3ccccc3)[C@H](OCc3ccccc3)[C@H]2OCc2ccccc2)cc1. The molecule has 0 radical (unpaired) electrons. The van der Waals surface area contributed by atoms with Gasteiger partial charge in [0.15, 0.2) is 0 Å². The van der Waals surface area contributed by atoms with Crippen LogP contribution in [0.3, 0.4) is 0 Å². The highest BCUT2D eigenvalue weighted by molar-refractivity contribution is 5.27. The van der Waals surface area contributed by atoms with Crippen molar-refractivity contribution in [2.24, 2.45) is 0 Å². The Morgan fingerprint density at radius 2 is 0.830 bits per heavy atom. The highest BCUT2D eigenvalue weighted by Crippen LogP contribution is 2.33. The van der Waals surface area contributed by atoms with E-state index in [4.69, 9.17) is 23.7 Å². The van der Waals surface area contributed by atoms with E-state index in [-0.39, 0.29) is 11.9 Å². The maximum absolute atomic E-state index is 9.96. The quantitative estimate of drug-likeness (QED) is 0.128. The van der Waals surface area contributed by atoms with Gasteiger partial charge in [-0.2, -0.15) is 0 Å². The molecular weight excluding hydrogens is 588 g/mol. The van der Waals surface area contributed by atoms with Gasteiger partial charge in [0.25, 0.3) is 0 Å². The van der Waals surface area contributed by atoms with Crippen molar-refractivity contribution < 1.29 is 28.8 Å². The molecule has 6 heteroatoms. The number of hydrogen-bond acceptors (Lipinski definition) is 6. The Hall–Kier alpha value is -4.30. The predicted molar refractivity (Wildman–Crippen MR) is 182 cm³/mol. The zero-order valence-electron chi connectivity index (χ0n) is 26.5. The van der Waals surface area contributed by atoms with Crippen molar-refractivity contribution in [3.8, 4) is 5.75 Å². The summed E-state index contributed by atoms with van der Waals surface area (Å²) in [5.74, 6) is 0.223. The zero-order chi connectivity index (χ0) is 32.1. The van der Waals surface area contributed by atoms with Crippen LogP contribution in [0.1, 0.15) is 27.8 Å². The second kappa shape index (κ2) is 17.0. The van der Waals surface area contributed by atoms with Gasteiger partial charge in [0.05, 0.1) is 39.1 Å². The molecule has 0 bridgehead atoms. The van der Waals surface area contributed by atoms with E-state index in [0.717, 1.165) is 27.8 Å². The van der Waals surface area contributed by atoms with Crippen LogP contribution in [-0.4, -0.2) is 42.2 Å².